The predicted octanol–water partition coefficient (Wildman–Crippen LogP) is 1.79. The van der Waals surface area contributed by atoms with Crippen molar-refractivity contribution in [1.29, 1.82) is 0 Å². The lowest BCUT2D eigenvalue weighted by Gasteiger charge is -2.52. The van der Waals surface area contributed by atoms with Crippen LogP contribution in [0.4, 0.5) is 10.5 Å². The van der Waals surface area contributed by atoms with Gasteiger partial charge in [0.1, 0.15) is 24.6 Å². The fraction of sp³-hybridized carbons (Fsp3) is 0.261. The van der Waals surface area contributed by atoms with Gasteiger partial charge in [-0.05, 0) is 28.8 Å². The molecule has 12 heteroatoms. The third-order valence-electron chi connectivity index (χ3n) is 5.58. The van der Waals surface area contributed by atoms with Crippen molar-refractivity contribution in [1.82, 2.24) is 10.2 Å². The number of carbonyl (C=O) groups is 3. The molecule has 0 aromatic heterocycles. The second kappa shape index (κ2) is 10.1. The van der Waals surface area contributed by atoms with Crippen molar-refractivity contribution in [2.75, 3.05) is 5.75 Å². The molecule has 2 heterocycles. The molecule has 0 aliphatic carbocycles. The molecule has 4 rings (SSSR count). The minimum absolute atomic E-state index is 0.000541. The van der Waals surface area contributed by atoms with Gasteiger partial charge in [0.25, 0.3) is 11.6 Å². The first-order valence-corrected chi connectivity index (χ1v) is 11.9. The Balaban J connectivity index is 1.36. The molecule has 2 amide bonds. The molecular formula is C23H21N3O8S. The molecule has 0 spiro atoms. The van der Waals surface area contributed by atoms with Crippen molar-refractivity contribution < 1.29 is 33.0 Å². The number of hydrogen-bond donors (Lipinski definition) is 1. The van der Waals surface area contributed by atoms with Gasteiger partial charge in [-0.2, -0.15) is 0 Å². The van der Waals surface area contributed by atoms with E-state index < -0.39 is 51.2 Å². The van der Waals surface area contributed by atoms with E-state index in [0.29, 0.717) is 5.56 Å². The van der Waals surface area contributed by atoms with Crippen LogP contribution < -0.4 is 5.32 Å². The zero-order valence-electron chi connectivity index (χ0n) is 18.3. The van der Waals surface area contributed by atoms with Crippen LogP contribution in [-0.2, 0) is 43.1 Å². The van der Waals surface area contributed by atoms with E-state index in [9.17, 15) is 28.7 Å². The highest BCUT2D eigenvalue weighted by Gasteiger charge is 2.59. The van der Waals surface area contributed by atoms with Crippen molar-refractivity contribution in [2.45, 2.75) is 30.7 Å². The Morgan fingerprint density at radius 1 is 1.09 bits per heavy atom. The fourth-order valence-corrected chi connectivity index (χ4v) is 5.50. The molecule has 1 N–H and O–H groups in total. The summed E-state index contributed by atoms with van der Waals surface area (Å²) in [7, 11) is -1.59. The van der Waals surface area contributed by atoms with Crippen LogP contribution in [0.1, 0.15) is 11.1 Å². The molecule has 0 radical (unpaired) electrons. The van der Waals surface area contributed by atoms with Crippen molar-refractivity contribution >= 4 is 34.5 Å². The normalized spacial score (nSPS) is 23.0. The first-order valence-electron chi connectivity index (χ1n) is 10.5. The lowest BCUT2D eigenvalue weighted by Crippen LogP contribution is -2.77. The number of esters is 1. The molecule has 2 aliphatic heterocycles. The summed E-state index contributed by atoms with van der Waals surface area (Å²) >= 11 is 0. The molecule has 11 nitrogen and oxygen atoms in total. The number of hydrogen-bond acceptors (Lipinski definition) is 8. The number of nitro benzene ring substituents is 1. The molecule has 2 aromatic rings. The minimum atomic E-state index is -1.59. The van der Waals surface area contributed by atoms with Gasteiger partial charge in [0.05, 0.1) is 15.7 Å². The molecule has 35 heavy (non-hydrogen) atoms. The molecule has 2 aromatic carbocycles. The van der Waals surface area contributed by atoms with Crippen LogP contribution in [0.3, 0.4) is 0 Å². The molecule has 4 atom stereocenters. The molecule has 1 unspecified atom stereocenters. The average molecular weight is 500 g/mol. The standard InChI is InChI=1S/C23H21N3O8S/c1-14-13-35(32)21-18(24-23(29)34-12-15-5-3-2-4-6-15)20(27)25(21)19(14)22(28)33-11-16-7-9-17(10-8-16)26(30)31/h2-10,18-19,21H,1,11-13H2,(H,24,29)/t18-,19?,21-,35-/m1/s1. The van der Waals surface area contributed by atoms with Crippen LogP contribution >= 0.6 is 0 Å². The zero-order chi connectivity index (χ0) is 25.1. The number of β-lactam (4-membered cyclic amide) rings is 1. The third kappa shape index (κ3) is 5.06. The number of nitro groups is 1. The van der Waals surface area contributed by atoms with Gasteiger partial charge in [-0.3, -0.25) is 19.1 Å². The van der Waals surface area contributed by atoms with E-state index in [4.69, 9.17) is 9.47 Å². The number of benzene rings is 2. The molecule has 2 aliphatic rings. The van der Waals surface area contributed by atoms with Crippen LogP contribution in [0.5, 0.6) is 0 Å². The Labute approximate surface area is 202 Å². The highest BCUT2D eigenvalue weighted by molar-refractivity contribution is 7.86. The zero-order valence-corrected chi connectivity index (χ0v) is 19.1. The van der Waals surface area contributed by atoms with Gasteiger partial charge >= 0.3 is 12.1 Å². The summed E-state index contributed by atoms with van der Waals surface area (Å²) in [5.41, 5.74) is 1.43. The Hall–Kier alpha value is -4.06. The first kappa shape index (κ1) is 24.1. The summed E-state index contributed by atoms with van der Waals surface area (Å²) < 4.78 is 23.1. The van der Waals surface area contributed by atoms with Gasteiger partial charge in [-0.1, -0.05) is 36.9 Å². The summed E-state index contributed by atoms with van der Waals surface area (Å²) in [4.78, 5) is 49.1. The van der Waals surface area contributed by atoms with Crippen molar-refractivity contribution in [3.05, 3.63) is 88.0 Å². The van der Waals surface area contributed by atoms with Gasteiger partial charge in [-0.15, -0.1) is 0 Å². The van der Waals surface area contributed by atoms with Crippen LogP contribution in [-0.4, -0.2) is 55.2 Å². The number of rotatable bonds is 7. The van der Waals surface area contributed by atoms with E-state index >= 15 is 0 Å². The first-order chi connectivity index (χ1) is 16.8. The van der Waals surface area contributed by atoms with Gasteiger partial charge in [-0.25, -0.2) is 9.59 Å². The number of fused-ring (bicyclic) bond motifs is 1. The fourth-order valence-electron chi connectivity index (χ4n) is 3.84. The van der Waals surface area contributed by atoms with Crippen molar-refractivity contribution in [3.8, 4) is 0 Å². The molecule has 2 saturated heterocycles. The molecule has 0 saturated carbocycles. The monoisotopic (exact) mass is 499 g/mol. The van der Waals surface area contributed by atoms with E-state index in [1.165, 1.54) is 24.3 Å². The lowest BCUT2D eigenvalue weighted by atomic mass is 9.99. The van der Waals surface area contributed by atoms with Crippen LogP contribution in [0.15, 0.2) is 66.7 Å². The van der Waals surface area contributed by atoms with Crippen LogP contribution in [0, 0.1) is 10.1 Å². The summed E-state index contributed by atoms with van der Waals surface area (Å²) in [5, 5.41) is 12.3. The number of amides is 2. The predicted molar refractivity (Wildman–Crippen MR) is 123 cm³/mol. The number of alkyl carbamates (subject to hydrolysis) is 1. The summed E-state index contributed by atoms with van der Waals surface area (Å²) in [6.07, 6.45) is -0.842. The number of nitrogens with zero attached hydrogens (tertiary/aromatic N) is 2. The van der Waals surface area contributed by atoms with Gasteiger partial charge in [0.2, 0.25) is 0 Å². The quantitative estimate of drug-likeness (QED) is 0.200. The van der Waals surface area contributed by atoms with Gasteiger partial charge in [0, 0.05) is 17.9 Å². The molecule has 182 valence electrons. The van der Waals surface area contributed by atoms with E-state index in [-0.39, 0.29) is 30.2 Å². The van der Waals surface area contributed by atoms with E-state index in [0.717, 1.165) is 10.5 Å². The summed E-state index contributed by atoms with van der Waals surface area (Å²) in [6, 6.07) is 12.2. The van der Waals surface area contributed by atoms with Gasteiger partial charge in [0.15, 0.2) is 6.04 Å². The summed E-state index contributed by atoms with van der Waals surface area (Å²) in [5.74, 6) is -1.41. The van der Waals surface area contributed by atoms with Crippen molar-refractivity contribution in [2.24, 2.45) is 0 Å². The summed E-state index contributed by atoms with van der Waals surface area (Å²) in [6.45, 7) is 3.60. The minimum Gasteiger partial charge on any atom is -0.459 e. The Kier molecular flexibility index (Phi) is 6.92. The third-order valence-corrected chi connectivity index (χ3v) is 7.27. The second-order valence-corrected chi connectivity index (χ2v) is 9.47. The van der Waals surface area contributed by atoms with Crippen LogP contribution in [0.25, 0.3) is 0 Å². The highest BCUT2D eigenvalue weighted by atomic mass is 32.2. The maximum atomic E-state index is 12.8. The smallest absolute Gasteiger partial charge is 0.408 e. The highest BCUT2D eigenvalue weighted by Crippen LogP contribution is 2.35. The second-order valence-electron chi connectivity index (χ2n) is 7.94. The van der Waals surface area contributed by atoms with E-state index in [2.05, 4.69) is 11.9 Å². The number of nitrogens with one attached hydrogen (secondary N) is 1. The Morgan fingerprint density at radius 2 is 1.71 bits per heavy atom. The van der Waals surface area contributed by atoms with Crippen molar-refractivity contribution in [3.63, 3.8) is 0 Å². The average Bonchev–Trinajstić information content (AvgIpc) is 2.85. The topological polar surface area (TPSA) is 145 Å². The maximum absolute atomic E-state index is 12.8. The Bertz CT molecular complexity index is 1200. The Morgan fingerprint density at radius 3 is 2.37 bits per heavy atom. The number of non-ortho nitro benzene ring substituents is 1. The SMILES string of the molecule is C=C1C[S@@](=O)[C@@H]2[C@H](NC(=O)OCc3ccccc3)C(=O)N2C1C(=O)OCc1ccc([N+](=O)[O-])cc1. The molecule has 0 bridgehead atoms. The van der Waals surface area contributed by atoms with E-state index in [1.54, 1.807) is 24.3 Å². The maximum Gasteiger partial charge on any atom is 0.408 e. The largest absolute Gasteiger partial charge is 0.459 e. The van der Waals surface area contributed by atoms with E-state index in [1.807, 2.05) is 6.07 Å². The van der Waals surface area contributed by atoms with Crippen LogP contribution in [0.2, 0.25) is 0 Å². The van der Waals surface area contributed by atoms with Gasteiger partial charge < -0.3 is 19.7 Å². The number of ether oxygens (including phenoxy) is 2. The molecular weight excluding hydrogens is 478 g/mol. The number of carbonyl (C=O) groups excluding carboxylic acids is 3. The molecule has 2 fully saturated rings. The lowest BCUT2D eigenvalue weighted by molar-refractivity contribution is -0.384.